The maximum absolute atomic E-state index is 12.9. The van der Waals surface area contributed by atoms with Gasteiger partial charge in [-0.3, -0.25) is 4.79 Å². The summed E-state index contributed by atoms with van der Waals surface area (Å²) in [7, 11) is 0. The fourth-order valence-electron chi connectivity index (χ4n) is 2.07. The van der Waals surface area contributed by atoms with Gasteiger partial charge in [0.05, 0.1) is 12.2 Å². The standard InChI is InChI=1S/C15H13FN4O/c1-10(2)8-19-15(21)14-7-13(18-20(14)9-17-19)11-3-5-12(16)6-4-11/h3-7,9H,1,8H2,2H3. The van der Waals surface area contributed by atoms with Crippen LogP contribution in [0.4, 0.5) is 4.39 Å². The van der Waals surface area contributed by atoms with Crippen molar-refractivity contribution in [3.8, 4) is 11.3 Å². The fourth-order valence-corrected chi connectivity index (χ4v) is 2.07. The molecule has 2 heterocycles. The van der Waals surface area contributed by atoms with Crippen LogP contribution in [0.25, 0.3) is 16.8 Å². The van der Waals surface area contributed by atoms with Crippen LogP contribution in [-0.4, -0.2) is 19.4 Å². The van der Waals surface area contributed by atoms with Gasteiger partial charge in [0.15, 0.2) is 0 Å². The summed E-state index contributed by atoms with van der Waals surface area (Å²) in [6, 6.07) is 7.63. The van der Waals surface area contributed by atoms with Crippen molar-refractivity contribution in [1.29, 1.82) is 0 Å². The predicted molar refractivity (Wildman–Crippen MR) is 77.5 cm³/mol. The van der Waals surface area contributed by atoms with Crippen LogP contribution < -0.4 is 5.56 Å². The second kappa shape index (κ2) is 4.97. The molecule has 0 aliphatic rings. The highest BCUT2D eigenvalue weighted by Gasteiger charge is 2.10. The van der Waals surface area contributed by atoms with Crippen LogP contribution in [0, 0.1) is 5.82 Å². The van der Waals surface area contributed by atoms with Gasteiger partial charge in [0.1, 0.15) is 17.7 Å². The van der Waals surface area contributed by atoms with E-state index in [0.717, 1.165) is 11.1 Å². The molecular formula is C15H13FN4O. The van der Waals surface area contributed by atoms with E-state index in [9.17, 15) is 9.18 Å². The Balaban J connectivity index is 2.12. The van der Waals surface area contributed by atoms with E-state index in [2.05, 4.69) is 16.8 Å². The van der Waals surface area contributed by atoms with Gasteiger partial charge in [0.25, 0.3) is 5.56 Å². The van der Waals surface area contributed by atoms with E-state index in [-0.39, 0.29) is 11.4 Å². The minimum Gasteiger partial charge on any atom is -0.265 e. The number of halogens is 1. The summed E-state index contributed by atoms with van der Waals surface area (Å²) in [4.78, 5) is 12.3. The van der Waals surface area contributed by atoms with Crippen molar-refractivity contribution in [2.24, 2.45) is 0 Å². The monoisotopic (exact) mass is 284 g/mol. The molecule has 3 rings (SSSR count). The molecule has 5 nitrogen and oxygen atoms in total. The highest BCUT2D eigenvalue weighted by Crippen LogP contribution is 2.18. The first kappa shape index (κ1) is 13.2. The smallest absolute Gasteiger partial charge is 0.265 e. The number of rotatable bonds is 3. The lowest BCUT2D eigenvalue weighted by Gasteiger charge is -2.02. The van der Waals surface area contributed by atoms with Gasteiger partial charge in [-0.2, -0.15) is 10.2 Å². The molecule has 6 heteroatoms. The van der Waals surface area contributed by atoms with Crippen molar-refractivity contribution in [2.75, 3.05) is 0 Å². The van der Waals surface area contributed by atoms with E-state index in [1.807, 2.05) is 6.92 Å². The number of benzene rings is 1. The third-order valence-corrected chi connectivity index (χ3v) is 3.05. The quantitative estimate of drug-likeness (QED) is 0.693. The molecule has 0 N–H and O–H groups in total. The molecule has 0 radical (unpaired) electrons. The van der Waals surface area contributed by atoms with Crippen molar-refractivity contribution in [1.82, 2.24) is 19.4 Å². The Hall–Kier alpha value is -2.76. The van der Waals surface area contributed by atoms with E-state index in [0.29, 0.717) is 17.8 Å². The number of fused-ring (bicyclic) bond motifs is 1. The largest absolute Gasteiger partial charge is 0.293 e. The lowest BCUT2D eigenvalue weighted by atomic mass is 10.1. The molecule has 3 aromatic rings. The van der Waals surface area contributed by atoms with Crippen LogP contribution in [-0.2, 0) is 6.54 Å². The van der Waals surface area contributed by atoms with Crippen LogP contribution >= 0.6 is 0 Å². The third-order valence-electron chi connectivity index (χ3n) is 3.05. The molecular weight excluding hydrogens is 271 g/mol. The summed E-state index contributed by atoms with van der Waals surface area (Å²) in [5.41, 5.74) is 2.37. The zero-order valence-corrected chi connectivity index (χ0v) is 11.5. The van der Waals surface area contributed by atoms with Crippen LogP contribution in [0.2, 0.25) is 0 Å². The molecule has 0 saturated carbocycles. The molecule has 0 aliphatic heterocycles. The van der Waals surface area contributed by atoms with Crippen LogP contribution in [0.3, 0.4) is 0 Å². The number of allylic oxidation sites excluding steroid dienone is 1. The van der Waals surface area contributed by atoms with Gasteiger partial charge in [0, 0.05) is 5.56 Å². The Morgan fingerprint density at radius 1 is 1.33 bits per heavy atom. The van der Waals surface area contributed by atoms with Crippen LogP contribution in [0.15, 0.2) is 53.6 Å². The molecule has 0 spiro atoms. The van der Waals surface area contributed by atoms with Crippen molar-refractivity contribution < 1.29 is 4.39 Å². The SMILES string of the molecule is C=C(C)Cn1ncn2nc(-c3ccc(F)cc3)cc2c1=O. The van der Waals surface area contributed by atoms with E-state index in [1.165, 1.54) is 27.7 Å². The average Bonchev–Trinajstić information content (AvgIpc) is 2.87. The fraction of sp³-hybridized carbons (Fsp3) is 0.133. The Kier molecular flexibility index (Phi) is 3.13. The first-order chi connectivity index (χ1) is 10.0. The molecule has 0 unspecified atom stereocenters. The van der Waals surface area contributed by atoms with Gasteiger partial charge in [-0.25, -0.2) is 13.6 Å². The van der Waals surface area contributed by atoms with Crippen molar-refractivity contribution in [3.05, 3.63) is 65.0 Å². The minimum atomic E-state index is -0.312. The minimum absolute atomic E-state index is 0.235. The summed E-state index contributed by atoms with van der Waals surface area (Å²) in [5, 5.41) is 8.34. The molecule has 0 fully saturated rings. The van der Waals surface area contributed by atoms with Crippen molar-refractivity contribution in [3.63, 3.8) is 0 Å². The summed E-state index contributed by atoms with van der Waals surface area (Å²) < 4.78 is 15.7. The van der Waals surface area contributed by atoms with Crippen molar-refractivity contribution in [2.45, 2.75) is 13.5 Å². The molecule has 1 aromatic carbocycles. The second-order valence-corrected chi connectivity index (χ2v) is 4.92. The topological polar surface area (TPSA) is 52.2 Å². The lowest BCUT2D eigenvalue weighted by molar-refractivity contribution is 0.614. The Morgan fingerprint density at radius 2 is 2.05 bits per heavy atom. The normalized spacial score (nSPS) is 11.0. The van der Waals surface area contributed by atoms with Crippen LogP contribution in [0.1, 0.15) is 6.92 Å². The second-order valence-electron chi connectivity index (χ2n) is 4.92. The number of hydrogen-bond donors (Lipinski definition) is 0. The molecule has 21 heavy (non-hydrogen) atoms. The van der Waals surface area contributed by atoms with Gasteiger partial charge in [-0.1, -0.05) is 12.2 Å². The molecule has 106 valence electrons. The Bertz CT molecular complexity index is 877. The summed E-state index contributed by atoms with van der Waals surface area (Å²) in [6.07, 6.45) is 1.48. The molecule has 0 saturated heterocycles. The predicted octanol–water partition coefficient (Wildman–Crippen LogP) is 2.27. The van der Waals surface area contributed by atoms with Crippen LogP contribution in [0.5, 0.6) is 0 Å². The zero-order chi connectivity index (χ0) is 15.0. The van der Waals surface area contributed by atoms with Gasteiger partial charge >= 0.3 is 0 Å². The first-order valence-corrected chi connectivity index (χ1v) is 6.40. The molecule has 0 atom stereocenters. The third kappa shape index (κ3) is 2.47. The van der Waals surface area contributed by atoms with Gasteiger partial charge in [0.2, 0.25) is 0 Å². The molecule has 0 bridgehead atoms. The Morgan fingerprint density at radius 3 is 2.71 bits per heavy atom. The summed E-state index contributed by atoms with van der Waals surface area (Å²) in [5.74, 6) is -0.312. The van der Waals surface area contributed by atoms with Gasteiger partial charge in [-0.05, 0) is 37.3 Å². The maximum atomic E-state index is 12.9. The molecule has 0 aliphatic carbocycles. The van der Waals surface area contributed by atoms with Gasteiger partial charge < -0.3 is 0 Å². The average molecular weight is 284 g/mol. The van der Waals surface area contributed by atoms with Crippen molar-refractivity contribution >= 4 is 5.52 Å². The number of hydrogen-bond acceptors (Lipinski definition) is 3. The Labute approximate surface area is 120 Å². The zero-order valence-electron chi connectivity index (χ0n) is 11.5. The molecule has 2 aromatic heterocycles. The van der Waals surface area contributed by atoms with E-state index >= 15 is 0 Å². The summed E-state index contributed by atoms with van der Waals surface area (Å²) in [6.45, 7) is 5.97. The lowest BCUT2D eigenvalue weighted by Crippen LogP contribution is -2.24. The van der Waals surface area contributed by atoms with E-state index < -0.39 is 0 Å². The number of aromatic nitrogens is 4. The molecule has 0 amide bonds. The highest BCUT2D eigenvalue weighted by molar-refractivity contribution is 5.65. The number of nitrogens with zero attached hydrogens (tertiary/aromatic N) is 4. The summed E-state index contributed by atoms with van der Waals surface area (Å²) >= 11 is 0. The highest BCUT2D eigenvalue weighted by atomic mass is 19.1. The van der Waals surface area contributed by atoms with E-state index in [4.69, 9.17) is 0 Å². The van der Waals surface area contributed by atoms with E-state index in [1.54, 1.807) is 18.2 Å². The van der Waals surface area contributed by atoms with Gasteiger partial charge in [-0.15, -0.1) is 0 Å². The maximum Gasteiger partial charge on any atom is 0.293 e. The first-order valence-electron chi connectivity index (χ1n) is 6.40.